The van der Waals surface area contributed by atoms with Crippen molar-refractivity contribution >= 4 is 18.3 Å². The van der Waals surface area contributed by atoms with Gasteiger partial charge < -0.3 is 22.8 Å². The van der Waals surface area contributed by atoms with Gasteiger partial charge in [-0.3, -0.25) is 0 Å². The fraction of sp³-hybridized carbons (Fsp3) is 1.00. The maximum Gasteiger partial charge on any atom is 0.501 e. The Bertz CT molecular complexity index is 445. The zero-order chi connectivity index (χ0) is 24.2. The molecule has 0 unspecified atom stereocenters. The van der Waals surface area contributed by atoms with Crippen LogP contribution in [0, 0.1) is 0 Å². The first-order valence-electron chi connectivity index (χ1n) is 11.1. The SMILES string of the molecule is CC(C)(C)OC(OC(C)(C)C)[Si]CC[Si](OC(C)(C)C)(OC(C)(C)C)OC(C)(C)C. The van der Waals surface area contributed by atoms with Crippen LogP contribution in [0.4, 0.5) is 0 Å². The second-order valence-corrected chi connectivity index (χ2v) is 16.7. The summed E-state index contributed by atoms with van der Waals surface area (Å²) in [5.74, 6) is -0.268. The molecule has 2 radical (unpaired) electrons. The van der Waals surface area contributed by atoms with Gasteiger partial charge in [0.15, 0.2) is 0 Å². The molecule has 0 saturated carbocycles. The van der Waals surface area contributed by atoms with Crippen LogP contribution in [0.5, 0.6) is 0 Å². The van der Waals surface area contributed by atoms with E-state index < -0.39 is 8.80 Å². The van der Waals surface area contributed by atoms with Crippen molar-refractivity contribution in [1.29, 1.82) is 0 Å². The van der Waals surface area contributed by atoms with Crippen molar-refractivity contribution in [3.05, 3.63) is 0 Å². The smallest absolute Gasteiger partial charge is 0.368 e. The van der Waals surface area contributed by atoms with Crippen LogP contribution < -0.4 is 0 Å². The normalized spacial score (nSPS) is 15.2. The first-order valence-corrected chi connectivity index (χ1v) is 14.3. The summed E-state index contributed by atoms with van der Waals surface area (Å²) in [6.45, 7) is 30.9. The third-order valence-electron chi connectivity index (χ3n) is 3.05. The van der Waals surface area contributed by atoms with Crippen LogP contribution in [0.15, 0.2) is 0 Å². The van der Waals surface area contributed by atoms with Crippen LogP contribution in [-0.2, 0) is 22.8 Å². The third kappa shape index (κ3) is 16.9. The first-order chi connectivity index (χ1) is 12.9. The molecule has 0 heterocycles. The third-order valence-corrected chi connectivity index (χ3v) is 8.29. The Morgan fingerprint density at radius 3 is 1.07 bits per heavy atom. The van der Waals surface area contributed by atoms with Gasteiger partial charge in [-0.2, -0.15) is 0 Å². The minimum atomic E-state index is -2.99. The summed E-state index contributed by atoms with van der Waals surface area (Å²) >= 11 is 0. The molecule has 5 nitrogen and oxygen atoms in total. The van der Waals surface area contributed by atoms with Crippen LogP contribution in [-0.4, -0.2) is 52.2 Å². The topological polar surface area (TPSA) is 46.2 Å². The van der Waals surface area contributed by atoms with E-state index >= 15 is 0 Å². The van der Waals surface area contributed by atoms with E-state index in [9.17, 15) is 0 Å². The Hall–Kier alpha value is 0.234. The number of ether oxygens (including phenoxy) is 2. The van der Waals surface area contributed by atoms with E-state index in [1.807, 2.05) is 0 Å². The van der Waals surface area contributed by atoms with Crippen LogP contribution in [0.25, 0.3) is 0 Å². The van der Waals surface area contributed by atoms with E-state index in [-0.39, 0.29) is 33.9 Å². The lowest BCUT2D eigenvalue weighted by Crippen LogP contribution is -2.57. The fourth-order valence-electron chi connectivity index (χ4n) is 2.71. The standard InChI is InChI=1S/C23H50O5Si2/c1-19(2,3)24-18(25-20(4,5)6)29-16-17-30(26-21(7,8)9,27-22(10,11)12)28-23(13,14)15/h18H,16-17H2,1-15H3. The van der Waals surface area contributed by atoms with Crippen LogP contribution in [0.3, 0.4) is 0 Å². The van der Waals surface area contributed by atoms with Gasteiger partial charge in [0, 0.05) is 6.04 Å². The van der Waals surface area contributed by atoms with Gasteiger partial charge in [0.2, 0.25) is 0 Å². The summed E-state index contributed by atoms with van der Waals surface area (Å²) in [4.78, 5) is 0. The van der Waals surface area contributed by atoms with Gasteiger partial charge in [0.1, 0.15) is 15.4 Å². The van der Waals surface area contributed by atoms with Crippen molar-refractivity contribution in [2.24, 2.45) is 0 Å². The van der Waals surface area contributed by atoms with Gasteiger partial charge >= 0.3 is 8.80 Å². The van der Waals surface area contributed by atoms with E-state index in [1.54, 1.807) is 0 Å². The van der Waals surface area contributed by atoms with Gasteiger partial charge in [-0.15, -0.1) is 0 Å². The second-order valence-electron chi connectivity index (χ2n) is 12.8. The van der Waals surface area contributed by atoms with E-state index in [2.05, 4.69) is 104 Å². The Kier molecular flexibility index (Phi) is 10.5. The average molecular weight is 463 g/mol. The number of rotatable bonds is 9. The molecular weight excluding hydrogens is 412 g/mol. The molecule has 0 atom stereocenters. The van der Waals surface area contributed by atoms with Crippen molar-refractivity contribution in [2.45, 2.75) is 150 Å². The monoisotopic (exact) mass is 462 g/mol. The molecule has 0 aromatic rings. The first kappa shape index (κ1) is 30.2. The summed E-state index contributed by atoms with van der Waals surface area (Å²) in [5.41, 5.74) is -1.65. The number of hydrogen-bond acceptors (Lipinski definition) is 5. The molecule has 30 heavy (non-hydrogen) atoms. The van der Waals surface area contributed by atoms with Gasteiger partial charge in [-0.1, -0.05) is 6.04 Å². The molecule has 0 spiro atoms. The minimum Gasteiger partial charge on any atom is -0.368 e. The predicted octanol–water partition coefficient (Wildman–Crippen LogP) is 6.41. The molecule has 0 aromatic carbocycles. The van der Waals surface area contributed by atoms with Crippen molar-refractivity contribution in [3.63, 3.8) is 0 Å². The van der Waals surface area contributed by atoms with Crippen molar-refractivity contribution < 1.29 is 22.8 Å². The lowest BCUT2D eigenvalue weighted by atomic mass is 10.2. The summed E-state index contributed by atoms with van der Waals surface area (Å²) < 4.78 is 32.2. The summed E-state index contributed by atoms with van der Waals surface area (Å²) in [6.07, 6.45) is 0. The molecule has 0 amide bonds. The molecule has 0 aliphatic rings. The van der Waals surface area contributed by atoms with Gasteiger partial charge in [0.05, 0.1) is 28.0 Å². The molecule has 0 aliphatic heterocycles. The Morgan fingerprint density at radius 1 is 0.533 bits per heavy atom. The quantitative estimate of drug-likeness (QED) is 0.293. The molecule has 0 fully saturated rings. The molecule has 0 saturated heterocycles. The van der Waals surface area contributed by atoms with E-state index in [4.69, 9.17) is 22.8 Å². The Balaban J connectivity index is 5.63. The maximum absolute atomic E-state index is 6.58. The Labute approximate surface area is 191 Å². The lowest BCUT2D eigenvalue weighted by molar-refractivity contribution is -0.193. The van der Waals surface area contributed by atoms with Crippen molar-refractivity contribution in [1.82, 2.24) is 0 Å². The molecule has 180 valence electrons. The predicted molar refractivity (Wildman–Crippen MR) is 129 cm³/mol. The summed E-state index contributed by atoms with van der Waals surface area (Å²) in [6, 6.07) is 1.57. The van der Waals surface area contributed by atoms with Gasteiger partial charge in [-0.25, -0.2) is 0 Å². The number of hydrogen-bond donors (Lipinski definition) is 0. The minimum absolute atomic E-state index is 0.268. The highest BCUT2D eigenvalue weighted by Gasteiger charge is 2.49. The Morgan fingerprint density at radius 2 is 0.833 bits per heavy atom. The highest BCUT2D eigenvalue weighted by molar-refractivity contribution is 6.62. The molecule has 0 aliphatic carbocycles. The van der Waals surface area contributed by atoms with E-state index in [0.29, 0.717) is 9.52 Å². The molecule has 0 N–H and O–H groups in total. The highest BCUT2D eigenvalue weighted by Crippen LogP contribution is 2.33. The zero-order valence-electron chi connectivity index (χ0n) is 22.5. The molecule has 7 heteroatoms. The fourth-order valence-corrected chi connectivity index (χ4v) is 8.85. The summed E-state index contributed by atoms with van der Waals surface area (Å²) in [7, 11) is -2.54. The molecule has 0 bridgehead atoms. The van der Waals surface area contributed by atoms with Crippen LogP contribution in [0.1, 0.15) is 104 Å². The maximum atomic E-state index is 6.58. The van der Waals surface area contributed by atoms with Crippen LogP contribution >= 0.6 is 0 Å². The largest absolute Gasteiger partial charge is 0.501 e. The summed E-state index contributed by atoms with van der Waals surface area (Å²) in [5, 5.41) is 0. The zero-order valence-corrected chi connectivity index (χ0v) is 24.5. The molecule has 0 aromatic heterocycles. The second kappa shape index (κ2) is 10.4. The van der Waals surface area contributed by atoms with E-state index in [0.717, 1.165) is 12.1 Å². The highest BCUT2D eigenvalue weighted by atomic mass is 28.4. The average Bonchev–Trinajstić information content (AvgIpc) is 2.26. The van der Waals surface area contributed by atoms with Gasteiger partial charge in [0.25, 0.3) is 0 Å². The molecular formula is C23H50O5Si2. The van der Waals surface area contributed by atoms with Gasteiger partial charge in [-0.05, 0) is 104 Å². The van der Waals surface area contributed by atoms with E-state index in [1.165, 1.54) is 0 Å². The lowest BCUT2D eigenvalue weighted by Gasteiger charge is -2.43. The van der Waals surface area contributed by atoms with Crippen molar-refractivity contribution in [2.75, 3.05) is 0 Å². The molecule has 0 rings (SSSR count). The van der Waals surface area contributed by atoms with Crippen LogP contribution in [0.2, 0.25) is 12.1 Å². The van der Waals surface area contributed by atoms with Crippen molar-refractivity contribution in [3.8, 4) is 0 Å².